The number of pyridine rings is 1. The van der Waals surface area contributed by atoms with Gasteiger partial charge < -0.3 is 10.2 Å². The van der Waals surface area contributed by atoms with Gasteiger partial charge in [-0.3, -0.25) is 9.59 Å². The normalized spacial score (nSPS) is 20.2. The molecule has 2 aliphatic rings. The minimum absolute atomic E-state index is 0.0466. The van der Waals surface area contributed by atoms with Gasteiger partial charge >= 0.3 is 0 Å². The van der Waals surface area contributed by atoms with Crippen LogP contribution in [0.4, 0.5) is 0 Å². The highest BCUT2D eigenvalue weighted by atomic mass is 16.2. The molecule has 0 aromatic carbocycles. The van der Waals surface area contributed by atoms with Crippen LogP contribution in [0, 0.1) is 5.92 Å². The third-order valence-electron chi connectivity index (χ3n) is 5.05. The molecule has 1 aliphatic carbocycles. The number of likely N-dealkylation sites (tertiary alicyclic amines) is 1. The lowest BCUT2D eigenvalue weighted by Crippen LogP contribution is -2.29. The predicted octanol–water partition coefficient (Wildman–Crippen LogP) is 1.29. The third-order valence-corrected chi connectivity index (χ3v) is 5.05. The summed E-state index contributed by atoms with van der Waals surface area (Å²) >= 11 is 0. The maximum atomic E-state index is 12.3. The molecule has 1 atom stereocenters. The summed E-state index contributed by atoms with van der Waals surface area (Å²) in [4.78, 5) is 29.9. The predicted molar refractivity (Wildman–Crippen MR) is 92.9 cm³/mol. The molecule has 2 amide bonds. The lowest BCUT2D eigenvalue weighted by atomic mass is 10.0. The molecule has 132 valence electrons. The molecule has 0 spiro atoms. The third kappa shape index (κ3) is 3.23. The molecule has 3 heterocycles. The Balaban J connectivity index is 1.55. The number of fused-ring (bicyclic) bond motifs is 1. The van der Waals surface area contributed by atoms with Crippen LogP contribution in [-0.2, 0) is 16.1 Å². The van der Waals surface area contributed by atoms with E-state index in [0.717, 1.165) is 49.1 Å². The van der Waals surface area contributed by atoms with Crippen molar-refractivity contribution in [1.82, 2.24) is 25.0 Å². The molecule has 2 aromatic heterocycles. The monoisotopic (exact) mass is 341 g/mol. The number of nitrogens with zero attached hydrogens (tertiary/aromatic N) is 4. The zero-order chi connectivity index (χ0) is 17.4. The molecule has 2 aromatic rings. The van der Waals surface area contributed by atoms with Crippen LogP contribution in [-0.4, -0.2) is 51.1 Å². The van der Waals surface area contributed by atoms with Crippen molar-refractivity contribution in [3.05, 3.63) is 24.0 Å². The maximum absolute atomic E-state index is 12.3. The van der Waals surface area contributed by atoms with Crippen molar-refractivity contribution in [2.24, 2.45) is 5.92 Å². The highest BCUT2D eigenvalue weighted by molar-refractivity contribution is 5.82. The zero-order valence-electron chi connectivity index (χ0n) is 14.4. The first-order valence-electron chi connectivity index (χ1n) is 8.98. The van der Waals surface area contributed by atoms with E-state index in [1.54, 1.807) is 6.20 Å². The Kier molecular flexibility index (Phi) is 4.15. The lowest BCUT2D eigenvalue weighted by molar-refractivity contribution is -0.131. The SMILES string of the molecule is CC(=O)NCCn1nc(C2CCN(C(=O)C3CC3)C2)c2cccnc21. The zero-order valence-corrected chi connectivity index (χ0v) is 14.4. The van der Waals surface area contributed by atoms with E-state index in [0.29, 0.717) is 19.0 Å². The summed E-state index contributed by atoms with van der Waals surface area (Å²) in [6.45, 7) is 4.20. The van der Waals surface area contributed by atoms with E-state index in [1.807, 2.05) is 21.7 Å². The second-order valence-corrected chi connectivity index (χ2v) is 7.01. The molecule has 1 N–H and O–H groups in total. The van der Waals surface area contributed by atoms with Gasteiger partial charge in [-0.05, 0) is 31.4 Å². The Morgan fingerprint density at radius 1 is 1.32 bits per heavy atom. The van der Waals surface area contributed by atoms with Crippen molar-refractivity contribution in [1.29, 1.82) is 0 Å². The van der Waals surface area contributed by atoms with Crippen LogP contribution in [0.1, 0.15) is 37.8 Å². The smallest absolute Gasteiger partial charge is 0.225 e. The van der Waals surface area contributed by atoms with Crippen molar-refractivity contribution in [3.8, 4) is 0 Å². The van der Waals surface area contributed by atoms with E-state index in [2.05, 4.69) is 10.3 Å². The molecule has 1 saturated heterocycles. The largest absolute Gasteiger partial charge is 0.354 e. The van der Waals surface area contributed by atoms with Gasteiger partial charge in [0.25, 0.3) is 0 Å². The lowest BCUT2D eigenvalue weighted by Gasteiger charge is -2.15. The Morgan fingerprint density at radius 3 is 2.92 bits per heavy atom. The van der Waals surface area contributed by atoms with Crippen molar-refractivity contribution in [2.45, 2.75) is 38.6 Å². The number of hydrogen-bond acceptors (Lipinski definition) is 4. The fourth-order valence-corrected chi connectivity index (χ4v) is 3.60. The Bertz CT molecular complexity index is 811. The maximum Gasteiger partial charge on any atom is 0.225 e. The van der Waals surface area contributed by atoms with Gasteiger partial charge in [-0.1, -0.05) is 0 Å². The number of rotatable bonds is 5. The van der Waals surface area contributed by atoms with E-state index in [4.69, 9.17) is 5.10 Å². The molecule has 1 saturated carbocycles. The quantitative estimate of drug-likeness (QED) is 0.889. The van der Waals surface area contributed by atoms with Gasteiger partial charge in [-0.2, -0.15) is 5.10 Å². The summed E-state index contributed by atoms with van der Waals surface area (Å²) in [5, 5.41) is 8.64. The summed E-state index contributed by atoms with van der Waals surface area (Å²) in [6.07, 6.45) is 4.81. The number of carbonyl (C=O) groups excluding carboxylic acids is 2. The van der Waals surface area contributed by atoms with Crippen LogP contribution in [0.5, 0.6) is 0 Å². The van der Waals surface area contributed by atoms with Crippen LogP contribution in [0.2, 0.25) is 0 Å². The topological polar surface area (TPSA) is 80.1 Å². The van der Waals surface area contributed by atoms with Crippen molar-refractivity contribution >= 4 is 22.8 Å². The summed E-state index contributed by atoms with van der Waals surface area (Å²) < 4.78 is 1.87. The van der Waals surface area contributed by atoms with Gasteiger partial charge in [0.05, 0.1) is 12.2 Å². The molecule has 0 bridgehead atoms. The molecular weight excluding hydrogens is 318 g/mol. The molecular formula is C18H23N5O2. The van der Waals surface area contributed by atoms with E-state index < -0.39 is 0 Å². The summed E-state index contributed by atoms with van der Waals surface area (Å²) in [6, 6.07) is 3.97. The highest BCUT2D eigenvalue weighted by Gasteiger charge is 2.37. The first-order valence-corrected chi connectivity index (χ1v) is 8.98. The van der Waals surface area contributed by atoms with Crippen LogP contribution >= 0.6 is 0 Å². The van der Waals surface area contributed by atoms with E-state index in [1.165, 1.54) is 6.92 Å². The average molecular weight is 341 g/mol. The van der Waals surface area contributed by atoms with Crippen LogP contribution in [0.3, 0.4) is 0 Å². The molecule has 7 nitrogen and oxygen atoms in total. The van der Waals surface area contributed by atoms with Crippen molar-refractivity contribution in [3.63, 3.8) is 0 Å². The number of nitrogens with one attached hydrogen (secondary N) is 1. The van der Waals surface area contributed by atoms with Gasteiger partial charge in [0.1, 0.15) is 0 Å². The molecule has 0 radical (unpaired) electrons. The molecule has 1 unspecified atom stereocenters. The van der Waals surface area contributed by atoms with Crippen LogP contribution in [0.15, 0.2) is 18.3 Å². The van der Waals surface area contributed by atoms with E-state index in [-0.39, 0.29) is 17.7 Å². The molecule has 4 rings (SSSR count). The Labute approximate surface area is 146 Å². The second kappa shape index (κ2) is 6.46. The molecule has 1 aliphatic heterocycles. The van der Waals surface area contributed by atoms with Crippen molar-refractivity contribution in [2.75, 3.05) is 19.6 Å². The number of carbonyl (C=O) groups is 2. The van der Waals surface area contributed by atoms with E-state index >= 15 is 0 Å². The first-order chi connectivity index (χ1) is 12.1. The summed E-state index contributed by atoms with van der Waals surface area (Å²) in [7, 11) is 0. The number of amides is 2. The second-order valence-electron chi connectivity index (χ2n) is 7.01. The van der Waals surface area contributed by atoms with Gasteiger partial charge in [0, 0.05) is 50.0 Å². The summed E-state index contributed by atoms with van der Waals surface area (Å²) in [5.41, 5.74) is 1.87. The van der Waals surface area contributed by atoms with Gasteiger partial charge in [0.2, 0.25) is 11.8 Å². The highest BCUT2D eigenvalue weighted by Crippen LogP contribution is 2.36. The van der Waals surface area contributed by atoms with Gasteiger partial charge in [0.15, 0.2) is 5.65 Å². The first kappa shape index (κ1) is 16.1. The fourth-order valence-electron chi connectivity index (χ4n) is 3.60. The summed E-state index contributed by atoms with van der Waals surface area (Å²) in [5.74, 6) is 0.800. The standard InChI is InChI=1S/C18H23N5O2/c1-12(24)19-8-10-23-17-15(3-2-7-20-17)16(21-23)14-6-9-22(11-14)18(25)13-4-5-13/h2-3,7,13-14H,4-6,8-11H2,1H3,(H,19,24). The minimum atomic E-state index is -0.0466. The molecule has 25 heavy (non-hydrogen) atoms. The number of aromatic nitrogens is 3. The Hall–Kier alpha value is -2.44. The molecule has 2 fully saturated rings. The fraction of sp³-hybridized carbons (Fsp3) is 0.556. The van der Waals surface area contributed by atoms with E-state index in [9.17, 15) is 9.59 Å². The van der Waals surface area contributed by atoms with Crippen molar-refractivity contribution < 1.29 is 9.59 Å². The average Bonchev–Trinajstić information content (AvgIpc) is 3.23. The van der Waals surface area contributed by atoms with Crippen LogP contribution in [0.25, 0.3) is 11.0 Å². The van der Waals surface area contributed by atoms with Gasteiger partial charge in [-0.15, -0.1) is 0 Å². The Morgan fingerprint density at radius 2 is 2.16 bits per heavy atom. The van der Waals surface area contributed by atoms with Gasteiger partial charge in [-0.25, -0.2) is 9.67 Å². The van der Waals surface area contributed by atoms with Crippen LogP contribution < -0.4 is 5.32 Å². The molecule has 7 heteroatoms. The minimum Gasteiger partial charge on any atom is -0.354 e. The number of hydrogen-bond donors (Lipinski definition) is 1.